The van der Waals surface area contributed by atoms with Crippen molar-refractivity contribution < 1.29 is 14.3 Å². The summed E-state index contributed by atoms with van der Waals surface area (Å²) >= 11 is 0. The second-order valence-corrected chi connectivity index (χ2v) is 6.45. The van der Waals surface area contributed by atoms with Crippen LogP contribution in [0.5, 0.6) is 11.5 Å². The maximum absolute atomic E-state index is 10.9. The molecule has 0 bridgehead atoms. The van der Waals surface area contributed by atoms with E-state index in [0.29, 0.717) is 5.56 Å². The molecule has 1 aliphatic rings. The maximum Gasteiger partial charge on any atom is 0.150 e. The second-order valence-electron chi connectivity index (χ2n) is 6.45. The maximum atomic E-state index is 10.9. The number of nitrogens with zero attached hydrogens (tertiary/aromatic N) is 1. The Hall–Kier alpha value is -2.33. The van der Waals surface area contributed by atoms with E-state index in [1.54, 1.807) is 14.2 Å². The molecule has 0 aliphatic carbocycles. The number of benzene rings is 2. The van der Waals surface area contributed by atoms with Gasteiger partial charge >= 0.3 is 0 Å². The van der Waals surface area contributed by atoms with Crippen LogP contribution in [-0.4, -0.2) is 38.5 Å². The molecule has 4 heteroatoms. The van der Waals surface area contributed by atoms with E-state index in [-0.39, 0.29) is 0 Å². The normalized spacial score (nSPS) is 15.0. The summed E-state index contributed by atoms with van der Waals surface area (Å²) in [5.41, 5.74) is 3.75. The molecule has 4 nitrogen and oxygen atoms in total. The summed E-state index contributed by atoms with van der Waals surface area (Å²) in [6.07, 6.45) is 4.73. The minimum Gasteiger partial charge on any atom is -0.496 e. The highest BCUT2D eigenvalue weighted by atomic mass is 16.5. The first-order valence-corrected chi connectivity index (χ1v) is 8.78. The molecule has 0 spiro atoms. The van der Waals surface area contributed by atoms with Crippen LogP contribution in [0.2, 0.25) is 0 Å². The Balaban J connectivity index is 1.95. The highest BCUT2D eigenvalue weighted by Crippen LogP contribution is 2.40. The van der Waals surface area contributed by atoms with E-state index in [2.05, 4.69) is 17.0 Å². The fourth-order valence-electron chi connectivity index (χ4n) is 3.45. The van der Waals surface area contributed by atoms with Crippen LogP contribution in [0.1, 0.15) is 35.2 Å². The molecule has 0 aromatic heterocycles. The summed E-state index contributed by atoms with van der Waals surface area (Å²) in [5, 5.41) is 0. The molecule has 0 N–H and O–H groups in total. The summed E-state index contributed by atoms with van der Waals surface area (Å²) in [6.45, 7) is 3.22. The predicted octanol–water partition coefficient (Wildman–Crippen LogP) is 4.17. The Morgan fingerprint density at radius 1 is 0.960 bits per heavy atom. The minimum atomic E-state index is 0.656. The molecule has 0 radical (unpaired) electrons. The molecule has 0 unspecified atom stereocenters. The second kappa shape index (κ2) is 8.17. The zero-order valence-electron chi connectivity index (χ0n) is 15.0. The number of hydrogen-bond donors (Lipinski definition) is 0. The van der Waals surface area contributed by atoms with Crippen LogP contribution in [0.3, 0.4) is 0 Å². The van der Waals surface area contributed by atoms with E-state index in [1.807, 2.05) is 24.3 Å². The number of methoxy groups -OCH3 is 2. The van der Waals surface area contributed by atoms with E-state index in [0.717, 1.165) is 48.5 Å². The summed E-state index contributed by atoms with van der Waals surface area (Å²) in [5.74, 6) is 1.59. The van der Waals surface area contributed by atoms with Gasteiger partial charge in [-0.3, -0.25) is 9.69 Å². The van der Waals surface area contributed by atoms with Gasteiger partial charge in [0.25, 0.3) is 0 Å². The van der Waals surface area contributed by atoms with E-state index >= 15 is 0 Å². The van der Waals surface area contributed by atoms with Crippen molar-refractivity contribution in [3.63, 3.8) is 0 Å². The van der Waals surface area contributed by atoms with Crippen LogP contribution >= 0.6 is 0 Å². The molecule has 1 fully saturated rings. The Bertz CT molecular complexity index is 693. The van der Waals surface area contributed by atoms with E-state index in [9.17, 15) is 4.79 Å². The van der Waals surface area contributed by atoms with Crippen LogP contribution in [-0.2, 0) is 6.54 Å². The first kappa shape index (κ1) is 17.5. The molecule has 3 rings (SSSR count). The Kier molecular flexibility index (Phi) is 5.71. The quantitative estimate of drug-likeness (QED) is 0.741. The zero-order valence-corrected chi connectivity index (χ0v) is 15.0. The average molecular weight is 339 g/mol. The molecule has 1 saturated heterocycles. The van der Waals surface area contributed by atoms with Gasteiger partial charge in [0, 0.05) is 12.1 Å². The summed E-state index contributed by atoms with van der Waals surface area (Å²) in [4.78, 5) is 13.4. The van der Waals surface area contributed by atoms with Crippen molar-refractivity contribution in [1.29, 1.82) is 0 Å². The number of piperidine rings is 1. The largest absolute Gasteiger partial charge is 0.496 e. The van der Waals surface area contributed by atoms with Crippen LogP contribution in [0.15, 0.2) is 36.4 Å². The molecule has 1 aliphatic heterocycles. The van der Waals surface area contributed by atoms with Crippen LogP contribution < -0.4 is 9.47 Å². The first-order valence-electron chi connectivity index (χ1n) is 8.78. The Labute approximate surface area is 149 Å². The lowest BCUT2D eigenvalue weighted by Crippen LogP contribution is -2.29. The molecule has 0 atom stereocenters. The highest BCUT2D eigenvalue weighted by Gasteiger charge is 2.17. The summed E-state index contributed by atoms with van der Waals surface area (Å²) in [7, 11) is 3.37. The molecule has 2 aromatic rings. The van der Waals surface area contributed by atoms with Gasteiger partial charge in [0.05, 0.1) is 19.8 Å². The van der Waals surface area contributed by atoms with Crippen molar-refractivity contribution in [3.8, 4) is 22.6 Å². The highest BCUT2D eigenvalue weighted by molar-refractivity contribution is 5.81. The van der Waals surface area contributed by atoms with Gasteiger partial charge in [-0.15, -0.1) is 0 Å². The topological polar surface area (TPSA) is 38.8 Å². The lowest BCUT2D eigenvalue weighted by atomic mass is 9.99. The molecule has 1 heterocycles. The number of ether oxygens (including phenoxy) is 2. The van der Waals surface area contributed by atoms with Crippen molar-refractivity contribution in [3.05, 3.63) is 47.5 Å². The third-order valence-electron chi connectivity index (χ3n) is 4.76. The lowest BCUT2D eigenvalue weighted by molar-refractivity contribution is 0.112. The van der Waals surface area contributed by atoms with E-state index in [1.165, 1.54) is 24.8 Å². The zero-order chi connectivity index (χ0) is 17.6. The molecule has 132 valence electrons. The van der Waals surface area contributed by atoms with Crippen molar-refractivity contribution in [2.75, 3.05) is 27.3 Å². The number of hydrogen-bond acceptors (Lipinski definition) is 4. The van der Waals surface area contributed by atoms with E-state index < -0.39 is 0 Å². The molecular formula is C21H25NO3. The fraction of sp³-hybridized carbons (Fsp3) is 0.381. The Morgan fingerprint density at radius 2 is 1.56 bits per heavy atom. The van der Waals surface area contributed by atoms with Gasteiger partial charge in [0.15, 0.2) is 0 Å². The predicted molar refractivity (Wildman–Crippen MR) is 99.5 cm³/mol. The Morgan fingerprint density at radius 3 is 2.08 bits per heavy atom. The van der Waals surface area contributed by atoms with Gasteiger partial charge in [0.2, 0.25) is 0 Å². The summed E-state index contributed by atoms with van der Waals surface area (Å²) < 4.78 is 11.3. The van der Waals surface area contributed by atoms with Crippen LogP contribution in [0.4, 0.5) is 0 Å². The number of aldehydes is 1. The van der Waals surface area contributed by atoms with Crippen LogP contribution in [0, 0.1) is 0 Å². The number of rotatable bonds is 6. The molecule has 0 amide bonds. The number of carbonyl (C=O) groups is 1. The smallest absolute Gasteiger partial charge is 0.150 e. The summed E-state index contributed by atoms with van der Waals surface area (Å²) in [6, 6.07) is 11.7. The molecule has 0 saturated carbocycles. The minimum absolute atomic E-state index is 0.656. The SMILES string of the molecule is COc1cc(CN2CCCCC2)cc(OC)c1-c1ccc(C=O)cc1. The third-order valence-corrected chi connectivity index (χ3v) is 4.76. The van der Waals surface area contributed by atoms with Gasteiger partial charge in [-0.2, -0.15) is 0 Å². The van der Waals surface area contributed by atoms with Crippen molar-refractivity contribution >= 4 is 6.29 Å². The van der Waals surface area contributed by atoms with Gasteiger partial charge in [-0.05, 0) is 49.2 Å². The number of likely N-dealkylation sites (tertiary alicyclic amines) is 1. The average Bonchev–Trinajstić information content (AvgIpc) is 2.68. The lowest BCUT2D eigenvalue weighted by Gasteiger charge is -2.27. The van der Waals surface area contributed by atoms with E-state index in [4.69, 9.17) is 9.47 Å². The van der Waals surface area contributed by atoms with Crippen LogP contribution in [0.25, 0.3) is 11.1 Å². The molecule has 25 heavy (non-hydrogen) atoms. The van der Waals surface area contributed by atoms with Crippen molar-refractivity contribution in [2.24, 2.45) is 0 Å². The number of carbonyl (C=O) groups excluding carboxylic acids is 1. The monoisotopic (exact) mass is 339 g/mol. The standard InChI is InChI=1S/C21H25NO3/c1-24-19-12-17(14-22-10-4-3-5-11-22)13-20(25-2)21(19)18-8-6-16(15-23)7-9-18/h6-9,12-13,15H,3-5,10-11,14H2,1-2H3. The third kappa shape index (κ3) is 4.02. The molecular weight excluding hydrogens is 314 g/mol. The van der Waals surface area contributed by atoms with Gasteiger partial charge < -0.3 is 9.47 Å². The van der Waals surface area contributed by atoms with Gasteiger partial charge in [-0.25, -0.2) is 0 Å². The van der Waals surface area contributed by atoms with Gasteiger partial charge in [0.1, 0.15) is 17.8 Å². The van der Waals surface area contributed by atoms with Crippen molar-refractivity contribution in [2.45, 2.75) is 25.8 Å². The molecule has 2 aromatic carbocycles. The fourth-order valence-corrected chi connectivity index (χ4v) is 3.45. The van der Waals surface area contributed by atoms with Crippen molar-refractivity contribution in [1.82, 2.24) is 4.90 Å². The van der Waals surface area contributed by atoms with Gasteiger partial charge in [-0.1, -0.05) is 30.7 Å². The first-order chi connectivity index (χ1) is 12.2.